The third-order valence-corrected chi connectivity index (χ3v) is 7.75. The van der Waals surface area contributed by atoms with Gasteiger partial charge >= 0.3 is 6.03 Å². The van der Waals surface area contributed by atoms with Gasteiger partial charge in [0.2, 0.25) is 0 Å². The maximum absolute atomic E-state index is 12.7. The third kappa shape index (κ3) is 3.39. The molecule has 1 aromatic rings. The zero-order valence-electron chi connectivity index (χ0n) is 18.3. The Kier molecular flexibility index (Phi) is 5.36. The van der Waals surface area contributed by atoms with E-state index in [1.807, 2.05) is 32.0 Å². The maximum atomic E-state index is 12.7. The van der Waals surface area contributed by atoms with E-state index in [1.165, 1.54) is 4.90 Å². The van der Waals surface area contributed by atoms with Gasteiger partial charge in [-0.15, -0.1) is 0 Å². The van der Waals surface area contributed by atoms with Gasteiger partial charge in [-0.1, -0.05) is 30.3 Å². The van der Waals surface area contributed by atoms with Crippen molar-refractivity contribution in [1.82, 2.24) is 14.7 Å². The number of carbonyl (C=O) groups excluding carboxylic acids is 2. The second-order valence-corrected chi connectivity index (χ2v) is 9.76. The fraction of sp³-hybridized carbons (Fsp3) is 0.625. The molecule has 6 heteroatoms. The Balaban J connectivity index is 1.35. The molecule has 1 saturated carbocycles. The number of rotatable bonds is 4. The molecule has 4 rings (SSSR count). The van der Waals surface area contributed by atoms with Gasteiger partial charge in [-0.05, 0) is 64.0 Å². The molecule has 1 aliphatic carbocycles. The highest BCUT2D eigenvalue weighted by Crippen LogP contribution is 2.41. The molecule has 0 bridgehead atoms. The molecule has 2 heterocycles. The van der Waals surface area contributed by atoms with Crippen LogP contribution in [0.15, 0.2) is 30.3 Å². The Morgan fingerprint density at radius 3 is 2.33 bits per heavy atom. The molecule has 3 aliphatic rings. The third-order valence-electron chi connectivity index (χ3n) is 7.75. The van der Waals surface area contributed by atoms with E-state index in [1.54, 1.807) is 11.9 Å². The first kappa shape index (κ1) is 20.9. The van der Waals surface area contributed by atoms with Crippen LogP contribution in [0.3, 0.4) is 0 Å². The molecule has 0 spiro atoms. The van der Waals surface area contributed by atoms with Crippen molar-refractivity contribution < 1.29 is 9.59 Å². The number of hydrogen-bond donors (Lipinski definition) is 0. The number of carbonyl (C=O) groups is 2. The monoisotopic (exact) mass is 408 g/mol. The first-order chi connectivity index (χ1) is 14.3. The average Bonchev–Trinajstić information content (AvgIpc) is 3.29. The van der Waals surface area contributed by atoms with Gasteiger partial charge in [0.15, 0.2) is 0 Å². The van der Waals surface area contributed by atoms with E-state index in [4.69, 9.17) is 0 Å². The van der Waals surface area contributed by atoms with Crippen molar-refractivity contribution >= 4 is 11.9 Å². The van der Waals surface area contributed by atoms with Crippen molar-refractivity contribution in [3.63, 3.8) is 0 Å². The summed E-state index contributed by atoms with van der Waals surface area (Å²) in [6, 6.07) is 13.1. The molecule has 2 aliphatic heterocycles. The summed E-state index contributed by atoms with van der Waals surface area (Å²) in [5.41, 5.74) is 0.0289. The Labute approximate surface area is 179 Å². The molecule has 1 aromatic carbocycles. The van der Waals surface area contributed by atoms with Crippen molar-refractivity contribution in [3.8, 4) is 6.07 Å². The van der Waals surface area contributed by atoms with Crippen molar-refractivity contribution in [3.05, 3.63) is 35.9 Å². The summed E-state index contributed by atoms with van der Waals surface area (Å²) >= 11 is 0. The van der Waals surface area contributed by atoms with Crippen LogP contribution in [0.2, 0.25) is 0 Å². The lowest BCUT2D eigenvalue weighted by Crippen LogP contribution is -2.43. The Morgan fingerprint density at radius 2 is 1.77 bits per heavy atom. The maximum Gasteiger partial charge on any atom is 0.327 e. The molecule has 1 atom stereocenters. The minimum absolute atomic E-state index is 0.0900. The van der Waals surface area contributed by atoms with E-state index >= 15 is 0 Å². The molecule has 0 N–H and O–H groups in total. The van der Waals surface area contributed by atoms with Crippen molar-refractivity contribution in [2.75, 3.05) is 26.7 Å². The first-order valence-corrected chi connectivity index (χ1v) is 11.1. The van der Waals surface area contributed by atoms with Crippen LogP contribution in [0.4, 0.5) is 4.79 Å². The summed E-state index contributed by atoms with van der Waals surface area (Å²) in [6.45, 7) is 6.07. The molecule has 2 saturated heterocycles. The van der Waals surface area contributed by atoms with Crippen LogP contribution in [0.5, 0.6) is 0 Å². The van der Waals surface area contributed by atoms with Crippen molar-refractivity contribution in [2.45, 2.75) is 62.9 Å². The topological polar surface area (TPSA) is 67.7 Å². The van der Waals surface area contributed by atoms with E-state index in [2.05, 4.69) is 23.1 Å². The number of hydrogen-bond acceptors (Lipinski definition) is 4. The summed E-state index contributed by atoms with van der Waals surface area (Å²) in [6.07, 6.45) is 4.83. The smallest absolute Gasteiger partial charge is 0.313 e. The number of imide groups is 1. The van der Waals surface area contributed by atoms with Gasteiger partial charge < -0.3 is 9.80 Å². The fourth-order valence-corrected chi connectivity index (χ4v) is 5.43. The predicted molar refractivity (Wildman–Crippen MR) is 115 cm³/mol. The second-order valence-electron chi connectivity index (χ2n) is 9.76. The van der Waals surface area contributed by atoms with Gasteiger partial charge in [0, 0.05) is 26.2 Å². The number of amides is 3. The Morgan fingerprint density at radius 1 is 1.10 bits per heavy atom. The number of nitrogens with zero attached hydrogens (tertiary/aromatic N) is 4. The molecule has 3 amide bonds. The summed E-state index contributed by atoms with van der Waals surface area (Å²) in [7, 11) is 1.71. The Hall–Kier alpha value is -2.39. The lowest BCUT2D eigenvalue weighted by molar-refractivity contribution is -0.132. The molecule has 1 unspecified atom stereocenters. The lowest BCUT2D eigenvalue weighted by atomic mass is 9.69. The van der Waals surface area contributed by atoms with Gasteiger partial charge in [-0.3, -0.25) is 9.69 Å². The second kappa shape index (κ2) is 7.70. The van der Waals surface area contributed by atoms with Crippen LogP contribution < -0.4 is 0 Å². The van der Waals surface area contributed by atoms with E-state index in [0.717, 1.165) is 50.8 Å². The predicted octanol–water partition coefficient (Wildman–Crippen LogP) is 3.39. The van der Waals surface area contributed by atoms with E-state index in [9.17, 15) is 14.9 Å². The highest BCUT2D eigenvalue weighted by Gasteiger charge is 2.50. The van der Waals surface area contributed by atoms with E-state index in [0.29, 0.717) is 18.5 Å². The molecular formula is C24H32N4O2. The van der Waals surface area contributed by atoms with Gasteiger partial charge in [0.25, 0.3) is 5.91 Å². The van der Waals surface area contributed by atoms with Crippen LogP contribution in [0, 0.1) is 17.2 Å². The largest absolute Gasteiger partial charge is 0.327 e. The molecule has 160 valence electrons. The van der Waals surface area contributed by atoms with E-state index in [-0.39, 0.29) is 17.4 Å². The van der Waals surface area contributed by atoms with Gasteiger partial charge in [0.1, 0.15) is 5.54 Å². The number of likely N-dealkylation sites (N-methyl/N-ethyl adjacent to an activating group) is 1. The minimum atomic E-state index is -0.753. The first-order valence-electron chi connectivity index (χ1n) is 11.1. The molecule has 6 nitrogen and oxygen atoms in total. The standard InChI is InChI=1S/C24H32N4O2/c1-23(2)21(29)28(22(30)26(23)3)16-18-11-14-27(15-18)20-9-12-24(17-25,13-10-20)19-7-5-4-6-8-19/h4-8,18,20H,9-16H2,1-3H3. The highest BCUT2D eigenvalue weighted by molar-refractivity contribution is 6.06. The lowest BCUT2D eigenvalue weighted by Gasteiger charge is -2.39. The van der Waals surface area contributed by atoms with Gasteiger partial charge in [-0.25, -0.2) is 4.79 Å². The molecular weight excluding hydrogens is 376 g/mol. The number of likely N-dealkylation sites (tertiary alicyclic amines) is 1. The van der Waals surface area contributed by atoms with Crippen LogP contribution in [-0.4, -0.2) is 64.9 Å². The van der Waals surface area contributed by atoms with Crippen LogP contribution in [-0.2, 0) is 10.2 Å². The van der Waals surface area contributed by atoms with Crippen molar-refractivity contribution in [1.29, 1.82) is 5.26 Å². The molecule has 30 heavy (non-hydrogen) atoms. The van der Waals surface area contributed by atoms with Gasteiger partial charge in [0.05, 0.1) is 11.5 Å². The number of nitriles is 1. The summed E-state index contributed by atoms with van der Waals surface area (Å²) in [5, 5.41) is 9.92. The quantitative estimate of drug-likeness (QED) is 0.716. The van der Waals surface area contributed by atoms with E-state index < -0.39 is 5.54 Å². The summed E-state index contributed by atoms with van der Waals surface area (Å²) in [5.74, 6) is 0.241. The van der Waals surface area contributed by atoms with Crippen LogP contribution >= 0.6 is 0 Å². The molecule has 0 aromatic heterocycles. The normalized spacial score (nSPS) is 31.9. The molecule has 3 fully saturated rings. The minimum Gasteiger partial charge on any atom is -0.313 e. The SMILES string of the molecule is CN1C(=O)N(CC2CCN(C3CCC(C#N)(c4ccccc4)CC3)C2)C(=O)C1(C)C. The zero-order chi connectivity index (χ0) is 21.5. The average molecular weight is 409 g/mol. The van der Waals surface area contributed by atoms with Crippen LogP contribution in [0.1, 0.15) is 51.5 Å². The highest BCUT2D eigenvalue weighted by atomic mass is 16.2. The summed E-state index contributed by atoms with van der Waals surface area (Å²) in [4.78, 5) is 30.7. The van der Waals surface area contributed by atoms with Gasteiger partial charge in [-0.2, -0.15) is 5.26 Å². The van der Waals surface area contributed by atoms with Crippen molar-refractivity contribution in [2.24, 2.45) is 5.92 Å². The van der Waals surface area contributed by atoms with Crippen LogP contribution in [0.25, 0.3) is 0 Å². The molecule has 0 radical (unpaired) electrons. The zero-order valence-corrected chi connectivity index (χ0v) is 18.3. The number of urea groups is 1. The fourth-order valence-electron chi connectivity index (χ4n) is 5.43. The summed E-state index contributed by atoms with van der Waals surface area (Å²) < 4.78 is 0. The Bertz CT molecular complexity index is 852. The number of benzene rings is 1.